The fraction of sp³-hybridized carbons (Fsp3) is 0.409. The molecule has 3 rings (SSSR count). The van der Waals surface area contributed by atoms with Crippen LogP contribution in [0, 0.1) is 0 Å². The fourth-order valence-electron chi connectivity index (χ4n) is 3.86. The third-order valence-electron chi connectivity index (χ3n) is 5.53. The molecule has 1 aliphatic rings. The van der Waals surface area contributed by atoms with Crippen molar-refractivity contribution in [3.63, 3.8) is 0 Å². The molecule has 7 nitrogen and oxygen atoms in total. The predicted molar refractivity (Wildman–Crippen MR) is 116 cm³/mol. The number of sulfone groups is 1. The molecule has 0 unspecified atom stereocenters. The number of carboxylic acid groups (broad SMARTS) is 1. The molecule has 1 aliphatic carbocycles. The molecule has 162 valence electrons. The van der Waals surface area contributed by atoms with Crippen LogP contribution in [0.5, 0.6) is 5.75 Å². The minimum Gasteiger partial charge on any atom is -0.496 e. The van der Waals surface area contributed by atoms with E-state index < -0.39 is 15.9 Å². The van der Waals surface area contributed by atoms with Gasteiger partial charge in [0.15, 0.2) is 9.84 Å². The highest BCUT2D eigenvalue weighted by Crippen LogP contribution is 2.28. The van der Waals surface area contributed by atoms with Gasteiger partial charge in [0.05, 0.1) is 12.0 Å². The number of hydrogen-bond acceptors (Lipinski definition) is 5. The Balaban J connectivity index is 1.67. The summed E-state index contributed by atoms with van der Waals surface area (Å²) in [6.07, 6.45) is 3.73. The summed E-state index contributed by atoms with van der Waals surface area (Å²) < 4.78 is 28.8. The first-order valence-corrected chi connectivity index (χ1v) is 11.9. The van der Waals surface area contributed by atoms with Crippen molar-refractivity contribution >= 4 is 15.9 Å². The van der Waals surface area contributed by atoms with Gasteiger partial charge in [0, 0.05) is 30.4 Å². The zero-order valence-electron chi connectivity index (χ0n) is 17.2. The van der Waals surface area contributed by atoms with Gasteiger partial charge in [0.2, 0.25) is 0 Å². The molecule has 3 N–H and O–H groups in total. The lowest BCUT2D eigenvalue weighted by Crippen LogP contribution is -2.41. The lowest BCUT2D eigenvalue weighted by atomic mass is 9.91. The second-order valence-corrected chi connectivity index (χ2v) is 9.72. The van der Waals surface area contributed by atoms with Crippen LogP contribution < -0.4 is 15.4 Å². The largest absolute Gasteiger partial charge is 0.496 e. The Morgan fingerprint density at radius 3 is 2.20 bits per heavy atom. The van der Waals surface area contributed by atoms with Crippen molar-refractivity contribution in [1.29, 1.82) is 0 Å². The van der Waals surface area contributed by atoms with E-state index in [4.69, 9.17) is 9.84 Å². The van der Waals surface area contributed by atoms with Crippen LogP contribution in [0.25, 0.3) is 11.1 Å². The van der Waals surface area contributed by atoms with Gasteiger partial charge in [-0.05, 0) is 61.1 Å². The number of benzene rings is 2. The second-order valence-electron chi connectivity index (χ2n) is 7.70. The van der Waals surface area contributed by atoms with E-state index in [2.05, 4.69) is 16.7 Å². The Bertz CT molecular complexity index is 981. The van der Waals surface area contributed by atoms with Gasteiger partial charge in [0.25, 0.3) is 0 Å². The molecular weight excluding hydrogens is 404 g/mol. The minimum atomic E-state index is -3.22. The van der Waals surface area contributed by atoms with E-state index in [0.29, 0.717) is 17.5 Å². The summed E-state index contributed by atoms with van der Waals surface area (Å²) >= 11 is 0. The van der Waals surface area contributed by atoms with Crippen LogP contribution in [0.3, 0.4) is 0 Å². The summed E-state index contributed by atoms with van der Waals surface area (Å²) in [7, 11) is -1.58. The van der Waals surface area contributed by atoms with Gasteiger partial charge < -0.3 is 20.5 Å². The molecular formula is C22H28N2O5S. The van der Waals surface area contributed by atoms with Gasteiger partial charge in [-0.1, -0.05) is 18.2 Å². The summed E-state index contributed by atoms with van der Waals surface area (Å²) in [5.74, 6) is 0.792. The Kier molecular flexibility index (Phi) is 6.99. The van der Waals surface area contributed by atoms with Crippen molar-refractivity contribution in [3.8, 4) is 16.9 Å². The van der Waals surface area contributed by atoms with E-state index in [1.165, 1.54) is 6.26 Å². The average Bonchev–Trinajstić information content (AvgIpc) is 2.72. The Morgan fingerprint density at radius 1 is 1.03 bits per heavy atom. The summed E-state index contributed by atoms with van der Waals surface area (Å²) in [4.78, 5) is 11.1. The molecule has 0 atom stereocenters. The van der Waals surface area contributed by atoms with Gasteiger partial charge in [-0.25, -0.2) is 13.2 Å². The van der Waals surface area contributed by atoms with Gasteiger partial charge in [-0.2, -0.15) is 0 Å². The third kappa shape index (κ3) is 5.73. The van der Waals surface area contributed by atoms with Crippen LogP contribution in [-0.2, 0) is 16.4 Å². The maximum absolute atomic E-state index is 11.7. The van der Waals surface area contributed by atoms with Gasteiger partial charge in [0.1, 0.15) is 5.75 Å². The van der Waals surface area contributed by atoms with Crippen molar-refractivity contribution in [1.82, 2.24) is 10.6 Å². The average molecular weight is 433 g/mol. The molecule has 0 saturated heterocycles. The molecule has 0 aromatic heterocycles. The Hall–Kier alpha value is -2.58. The summed E-state index contributed by atoms with van der Waals surface area (Å²) in [6.45, 7) is 0.639. The third-order valence-corrected chi connectivity index (χ3v) is 6.66. The molecule has 1 fully saturated rings. The number of hydrogen-bond donors (Lipinski definition) is 3. The Labute approximate surface area is 177 Å². The number of methoxy groups -OCH3 is 1. The van der Waals surface area contributed by atoms with Crippen molar-refractivity contribution in [2.24, 2.45) is 0 Å². The van der Waals surface area contributed by atoms with E-state index in [1.54, 1.807) is 19.2 Å². The molecule has 2 aromatic rings. The van der Waals surface area contributed by atoms with Gasteiger partial charge in [-0.15, -0.1) is 0 Å². The fourth-order valence-corrected chi connectivity index (χ4v) is 4.49. The van der Waals surface area contributed by atoms with Gasteiger partial charge in [-0.3, -0.25) is 0 Å². The van der Waals surface area contributed by atoms with Crippen LogP contribution >= 0.6 is 0 Å². The molecule has 8 heteroatoms. The maximum Gasteiger partial charge on any atom is 0.404 e. The first-order chi connectivity index (χ1) is 14.3. The molecule has 30 heavy (non-hydrogen) atoms. The number of ether oxygens (including phenoxy) is 1. The molecule has 0 spiro atoms. The van der Waals surface area contributed by atoms with Crippen molar-refractivity contribution in [3.05, 3.63) is 48.0 Å². The molecule has 0 heterocycles. The quantitative estimate of drug-likeness (QED) is 0.619. The van der Waals surface area contributed by atoms with Crippen molar-refractivity contribution in [2.45, 2.75) is 49.2 Å². The lowest BCUT2D eigenvalue weighted by Gasteiger charge is -2.29. The molecule has 0 aliphatic heterocycles. The monoisotopic (exact) mass is 432 g/mol. The lowest BCUT2D eigenvalue weighted by molar-refractivity contribution is 0.183. The van der Waals surface area contributed by atoms with Crippen LogP contribution in [0.4, 0.5) is 4.79 Å². The van der Waals surface area contributed by atoms with Crippen LogP contribution in [-0.4, -0.2) is 45.1 Å². The van der Waals surface area contributed by atoms with Crippen LogP contribution in [0.1, 0.15) is 31.2 Å². The number of nitrogens with one attached hydrogen (secondary N) is 2. The highest BCUT2D eigenvalue weighted by Gasteiger charge is 2.22. The van der Waals surface area contributed by atoms with E-state index >= 15 is 0 Å². The first kappa shape index (κ1) is 22.1. The van der Waals surface area contributed by atoms with E-state index in [9.17, 15) is 13.2 Å². The SMILES string of the molecule is COc1ccc(-c2ccc(S(C)(=O)=O)cc2)cc1CNC1CCC(NC(=O)O)CC1. The molecule has 2 aromatic carbocycles. The number of carbonyl (C=O) groups is 1. The standard InChI is InChI=1S/C22H28N2O5S/c1-29-21-12-5-16(15-3-10-20(11-4-15)30(2,27)28)13-17(21)14-23-18-6-8-19(9-7-18)24-22(25)26/h3-5,10-13,18-19,23-24H,6-9,14H2,1-2H3,(H,25,26). The summed E-state index contributed by atoms with van der Waals surface area (Å²) in [5, 5.41) is 15.0. The normalized spacial score (nSPS) is 19.3. The Morgan fingerprint density at radius 2 is 1.63 bits per heavy atom. The maximum atomic E-state index is 11.7. The summed E-state index contributed by atoms with van der Waals surface area (Å²) in [6, 6.07) is 13.2. The highest BCUT2D eigenvalue weighted by molar-refractivity contribution is 7.90. The number of amides is 1. The minimum absolute atomic E-state index is 0.0355. The van der Waals surface area contributed by atoms with E-state index in [1.807, 2.05) is 24.3 Å². The number of rotatable bonds is 7. The second kappa shape index (κ2) is 9.49. The van der Waals surface area contributed by atoms with Crippen molar-refractivity contribution < 1.29 is 23.1 Å². The molecule has 0 radical (unpaired) electrons. The summed E-state index contributed by atoms with van der Waals surface area (Å²) in [5.41, 5.74) is 2.95. The highest BCUT2D eigenvalue weighted by atomic mass is 32.2. The molecule has 1 saturated carbocycles. The van der Waals surface area contributed by atoms with Crippen molar-refractivity contribution in [2.75, 3.05) is 13.4 Å². The van der Waals surface area contributed by atoms with Gasteiger partial charge >= 0.3 is 6.09 Å². The van der Waals surface area contributed by atoms with Crippen LogP contribution in [0.2, 0.25) is 0 Å². The van der Waals surface area contributed by atoms with E-state index in [-0.39, 0.29) is 6.04 Å². The van der Waals surface area contributed by atoms with E-state index in [0.717, 1.165) is 48.1 Å². The molecule has 0 bridgehead atoms. The predicted octanol–water partition coefficient (Wildman–Crippen LogP) is 3.43. The zero-order chi connectivity index (χ0) is 21.7. The molecule has 1 amide bonds. The van der Waals surface area contributed by atoms with Crippen LogP contribution in [0.15, 0.2) is 47.4 Å². The first-order valence-electron chi connectivity index (χ1n) is 9.96. The zero-order valence-corrected chi connectivity index (χ0v) is 18.0. The topological polar surface area (TPSA) is 105 Å². The smallest absolute Gasteiger partial charge is 0.404 e.